The number of phenols is 2. The van der Waals surface area contributed by atoms with Crippen molar-refractivity contribution in [2.45, 2.75) is 38.1 Å². The Morgan fingerprint density at radius 2 is 1.97 bits per heavy atom. The molecule has 1 amide bonds. The molecule has 29 heavy (non-hydrogen) atoms. The maximum atomic E-state index is 13.2. The number of hydrogen-bond acceptors (Lipinski definition) is 6. The Balaban J connectivity index is 1.72. The number of hydrogen-bond donors (Lipinski definition) is 2. The first-order valence-electron chi connectivity index (χ1n) is 9.47. The third-order valence-corrected chi connectivity index (χ3v) is 6.30. The van der Waals surface area contributed by atoms with Gasteiger partial charge in [0.15, 0.2) is 21.8 Å². The largest absolute Gasteiger partial charge is 0.504 e. The second-order valence-corrected chi connectivity index (χ2v) is 8.40. The SMILES string of the molecule is O=C1/C(=C/c2ccc(O)c(O)c2)SC(=Nc2cccnc2Cl)N1C1CCCCC1. The summed E-state index contributed by atoms with van der Waals surface area (Å²) in [5.74, 6) is -0.530. The third kappa shape index (κ3) is 4.26. The van der Waals surface area contributed by atoms with Crippen LogP contribution in [-0.2, 0) is 4.79 Å². The molecule has 2 aromatic rings. The fourth-order valence-corrected chi connectivity index (χ4v) is 4.78. The van der Waals surface area contributed by atoms with Crippen molar-refractivity contribution in [3.63, 3.8) is 0 Å². The Morgan fingerprint density at radius 3 is 2.69 bits per heavy atom. The molecule has 2 heterocycles. The first-order valence-corrected chi connectivity index (χ1v) is 10.7. The molecule has 1 saturated heterocycles. The lowest BCUT2D eigenvalue weighted by molar-refractivity contribution is -0.124. The van der Waals surface area contributed by atoms with E-state index in [-0.39, 0.29) is 28.6 Å². The second kappa shape index (κ2) is 8.47. The minimum atomic E-state index is -0.227. The molecule has 0 radical (unpaired) electrons. The average Bonchev–Trinajstić information content (AvgIpc) is 3.02. The fourth-order valence-electron chi connectivity index (χ4n) is 3.57. The van der Waals surface area contributed by atoms with Crippen molar-refractivity contribution in [2.75, 3.05) is 0 Å². The Bertz CT molecular complexity index is 1000. The van der Waals surface area contributed by atoms with E-state index in [9.17, 15) is 15.0 Å². The summed E-state index contributed by atoms with van der Waals surface area (Å²) < 4.78 is 0. The molecule has 4 rings (SSSR count). The van der Waals surface area contributed by atoms with Crippen molar-refractivity contribution >= 4 is 46.2 Å². The van der Waals surface area contributed by atoms with Crippen molar-refractivity contribution in [1.29, 1.82) is 0 Å². The summed E-state index contributed by atoms with van der Waals surface area (Å²) in [5.41, 5.74) is 1.15. The van der Waals surface area contributed by atoms with Gasteiger partial charge in [0.1, 0.15) is 5.69 Å². The number of aromatic nitrogens is 1. The number of amidine groups is 1. The van der Waals surface area contributed by atoms with Crippen LogP contribution in [0.4, 0.5) is 5.69 Å². The summed E-state index contributed by atoms with van der Waals surface area (Å²) in [7, 11) is 0. The van der Waals surface area contributed by atoms with Crippen molar-refractivity contribution in [1.82, 2.24) is 9.88 Å². The van der Waals surface area contributed by atoms with E-state index >= 15 is 0 Å². The molecule has 1 aliphatic carbocycles. The highest BCUT2D eigenvalue weighted by Gasteiger charge is 2.38. The highest BCUT2D eigenvalue weighted by molar-refractivity contribution is 8.18. The van der Waals surface area contributed by atoms with Gasteiger partial charge in [-0.3, -0.25) is 9.69 Å². The zero-order chi connectivity index (χ0) is 20.4. The van der Waals surface area contributed by atoms with E-state index in [1.165, 1.54) is 30.3 Å². The quantitative estimate of drug-likeness (QED) is 0.403. The van der Waals surface area contributed by atoms with Gasteiger partial charge in [-0.25, -0.2) is 9.98 Å². The predicted octanol–water partition coefficient (Wildman–Crippen LogP) is 5.08. The molecule has 1 aromatic heterocycles. The third-order valence-electron chi connectivity index (χ3n) is 5.03. The van der Waals surface area contributed by atoms with Gasteiger partial charge in [0.05, 0.1) is 4.91 Å². The summed E-state index contributed by atoms with van der Waals surface area (Å²) in [6.45, 7) is 0. The summed E-state index contributed by atoms with van der Waals surface area (Å²) in [4.78, 5) is 24.2. The van der Waals surface area contributed by atoms with E-state index in [2.05, 4.69) is 9.98 Å². The maximum absolute atomic E-state index is 13.2. The first-order chi connectivity index (χ1) is 14.0. The Morgan fingerprint density at radius 1 is 1.17 bits per heavy atom. The number of aliphatic imine (C=N–C) groups is 1. The fraction of sp³-hybridized carbons (Fsp3) is 0.286. The lowest BCUT2D eigenvalue weighted by Gasteiger charge is -2.30. The van der Waals surface area contributed by atoms with E-state index in [4.69, 9.17) is 11.6 Å². The van der Waals surface area contributed by atoms with Crippen LogP contribution < -0.4 is 0 Å². The van der Waals surface area contributed by atoms with Crippen molar-refractivity contribution in [3.8, 4) is 11.5 Å². The van der Waals surface area contributed by atoms with Gasteiger partial charge in [-0.2, -0.15) is 0 Å². The number of carbonyl (C=O) groups excluding carboxylic acids is 1. The number of thioether (sulfide) groups is 1. The Hall–Kier alpha value is -2.51. The molecule has 1 aliphatic heterocycles. The summed E-state index contributed by atoms with van der Waals surface area (Å²) in [6.07, 6.45) is 8.55. The van der Waals surface area contributed by atoms with Crippen LogP contribution in [0.2, 0.25) is 5.15 Å². The lowest BCUT2D eigenvalue weighted by Crippen LogP contribution is -2.40. The topological polar surface area (TPSA) is 86.0 Å². The van der Waals surface area contributed by atoms with E-state index in [0.29, 0.717) is 21.3 Å². The highest BCUT2D eigenvalue weighted by atomic mass is 35.5. The molecular formula is C21H20ClN3O3S. The number of phenolic OH excluding ortho intramolecular Hbond substituents is 2. The summed E-state index contributed by atoms with van der Waals surface area (Å²) >= 11 is 7.46. The second-order valence-electron chi connectivity index (χ2n) is 7.03. The zero-order valence-corrected chi connectivity index (χ0v) is 17.2. The van der Waals surface area contributed by atoms with Crippen molar-refractivity contribution < 1.29 is 15.0 Å². The number of carbonyl (C=O) groups is 1. The van der Waals surface area contributed by atoms with E-state index in [1.54, 1.807) is 35.4 Å². The molecular weight excluding hydrogens is 410 g/mol. The molecule has 1 saturated carbocycles. The minimum absolute atomic E-state index is 0.103. The molecule has 1 aromatic carbocycles. The first kappa shape index (κ1) is 19.8. The standard InChI is InChI=1S/C21H20ClN3O3S/c22-19-15(7-4-10-23-19)24-21-25(14-5-2-1-3-6-14)20(28)18(29-21)12-13-8-9-16(26)17(27)11-13/h4,7-12,14,26-27H,1-3,5-6H2/b18-12-,24-21?. The van der Waals surface area contributed by atoms with E-state index in [0.717, 1.165) is 25.7 Å². The van der Waals surface area contributed by atoms with Crippen LogP contribution in [0.3, 0.4) is 0 Å². The van der Waals surface area contributed by atoms with Gasteiger partial charge in [0.2, 0.25) is 0 Å². The predicted molar refractivity (Wildman–Crippen MR) is 115 cm³/mol. The molecule has 0 bridgehead atoms. The van der Waals surface area contributed by atoms with E-state index in [1.807, 2.05) is 0 Å². The molecule has 2 N–H and O–H groups in total. The smallest absolute Gasteiger partial charge is 0.267 e. The van der Waals surface area contributed by atoms with Gasteiger partial charge < -0.3 is 10.2 Å². The minimum Gasteiger partial charge on any atom is -0.504 e. The summed E-state index contributed by atoms with van der Waals surface area (Å²) in [6, 6.07) is 8.11. The van der Waals surface area contributed by atoms with Crippen LogP contribution >= 0.6 is 23.4 Å². The molecule has 2 fully saturated rings. The normalized spacial score (nSPS) is 20.7. The van der Waals surface area contributed by atoms with Crippen LogP contribution in [0.15, 0.2) is 46.4 Å². The number of benzene rings is 1. The van der Waals surface area contributed by atoms with Crippen LogP contribution in [0.1, 0.15) is 37.7 Å². The van der Waals surface area contributed by atoms with Crippen LogP contribution in [0.5, 0.6) is 11.5 Å². The van der Waals surface area contributed by atoms with Crippen LogP contribution in [0, 0.1) is 0 Å². The molecule has 150 valence electrons. The van der Waals surface area contributed by atoms with Crippen LogP contribution in [0.25, 0.3) is 6.08 Å². The van der Waals surface area contributed by atoms with Crippen molar-refractivity contribution in [2.24, 2.45) is 4.99 Å². The molecule has 2 aliphatic rings. The molecule has 0 unspecified atom stereocenters. The summed E-state index contributed by atoms with van der Waals surface area (Å²) in [5, 5.41) is 20.1. The molecule has 8 heteroatoms. The van der Waals surface area contributed by atoms with Crippen LogP contribution in [-0.4, -0.2) is 37.2 Å². The Kier molecular flexibility index (Phi) is 5.78. The highest BCUT2D eigenvalue weighted by Crippen LogP contribution is 2.39. The van der Waals surface area contributed by atoms with Gasteiger partial charge in [-0.15, -0.1) is 0 Å². The lowest BCUT2D eigenvalue weighted by atomic mass is 9.94. The number of aromatic hydroxyl groups is 2. The molecule has 0 atom stereocenters. The maximum Gasteiger partial charge on any atom is 0.267 e. The number of nitrogens with zero attached hydrogens (tertiary/aromatic N) is 3. The number of rotatable bonds is 3. The Labute approximate surface area is 177 Å². The molecule has 6 nitrogen and oxygen atoms in total. The van der Waals surface area contributed by atoms with Gasteiger partial charge in [0.25, 0.3) is 5.91 Å². The van der Waals surface area contributed by atoms with Gasteiger partial charge in [-0.1, -0.05) is 36.9 Å². The zero-order valence-electron chi connectivity index (χ0n) is 15.6. The van der Waals surface area contributed by atoms with Crippen molar-refractivity contribution in [3.05, 3.63) is 52.2 Å². The number of halogens is 1. The van der Waals surface area contributed by atoms with Gasteiger partial charge >= 0.3 is 0 Å². The van der Waals surface area contributed by atoms with Gasteiger partial charge in [-0.05, 0) is 60.5 Å². The molecule has 0 spiro atoms. The number of pyridine rings is 1. The monoisotopic (exact) mass is 429 g/mol. The van der Waals surface area contributed by atoms with E-state index < -0.39 is 0 Å². The van der Waals surface area contributed by atoms with Gasteiger partial charge in [0, 0.05) is 12.2 Å². The number of amides is 1. The average molecular weight is 430 g/mol.